The number of amides is 1. The van der Waals surface area contributed by atoms with E-state index in [0.29, 0.717) is 11.4 Å². The molecule has 0 spiro atoms. The van der Waals surface area contributed by atoms with Gasteiger partial charge in [-0.2, -0.15) is 0 Å². The van der Waals surface area contributed by atoms with Crippen LogP contribution in [0.15, 0.2) is 42.6 Å². The molecule has 0 saturated carbocycles. The van der Waals surface area contributed by atoms with E-state index < -0.39 is 5.97 Å². The predicted molar refractivity (Wildman–Crippen MR) is 84.8 cm³/mol. The number of ether oxygens (including phenoxy) is 1. The number of hydrogen-bond acceptors (Lipinski definition) is 3. The van der Waals surface area contributed by atoms with Gasteiger partial charge < -0.3 is 15.0 Å². The zero-order chi connectivity index (χ0) is 16.2. The maximum Gasteiger partial charge on any atom is 0.355 e. The first kappa shape index (κ1) is 15.8. The number of esters is 1. The van der Waals surface area contributed by atoms with Gasteiger partial charge in [-0.15, -0.1) is 0 Å². The highest BCUT2D eigenvalue weighted by Gasteiger charge is 2.14. The van der Waals surface area contributed by atoms with Gasteiger partial charge in [-0.05, 0) is 35.2 Å². The highest BCUT2D eigenvalue weighted by Crippen LogP contribution is 2.23. The molecule has 0 aliphatic rings. The summed E-state index contributed by atoms with van der Waals surface area (Å²) in [5.41, 5.74) is 2.24. The Bertz CT molecular complexity index is 638. The summed E-state index contributed by atoms with van der Waals surface area (Å²) in [4.78, 5) is 26.1. The van der Waals surface area contributed by atoms with Crippen LogP contribution in [0.5, 0.6) is 0 Å². The summed E-state index contributed by atoms with van der Waals surface area (Å²) in [6.07, 6.45) is 1.62. The summed E-state index contributed by atoms with van der Waals surface area (Å²) in [6.45, 7) is 6.06. The Hall–Kier alpha value is -2.56. The molecule has 2 rings (SSSR count). The summed E-state index contributed by atoms with van der Waals surface area (Å²) in [5.74, 6) is -0.924. The fourth-order valence-corrected chi connectivity index (χ4v) is 1.92. The highest BCUT2D eigenvalue weighted by molar-refractivity contribution is 5.94. The zero-order valence-electron chi connectivity index (χ0n) is 13.0. The van der Waals surface area contributed by atoms with E-state index >= 15 is 0 Å². The van der Waals surface area contributed by atoms with E-state index in [1.165, 1.54) is 5.56 Å². The van der Waals surface area contributed by atoms with E-state index in [0.717, 1.165) is 0 Å². The summed E-state index contributed by atoms with van der Waals surface area (Å²) >= 11 is 0. The molecule has 0 radical (unpaired) electrons. The average molecular weight is 300 g/mol. The SMILES string of the molecule is CC(C)(C)c1ccc(NC(=O)COC(=O)c2ccc[nH]2)cc1. The molecule has 1 amide bonds. The van der Waals surface area contributed by atoms with Crippen molar-refractivity contribution in [2.75, 3.05) is 11.9 Å². The number of rotatable bonds is 4. The van der Waals surface area contributed by atoms with Crippen molar-refractivity contribution in [2.24, 2.45) is 0 Å². The fourth-order valence-electron chi connectivity index (χ4n) is 1.92. The van der Waals surface area contributed by atoms with Crippen molar-refractivity contribution >= 4 is 17.6 Å². The lowest BCUT2D eigenvalue weighted by atomic mass is 9.87. The Kier molecular flexibility index (Phi) is 4.65. The van der Waals surface area contributed by atoms with Gasteiger partial charge in [0.15, 0.2) is 6.61 Å². The standard InChI is InChI=1S/C17H20N2O3/c1-17(2,3)12-6-8-13(9-7-12)19-15(20)11-22-16(21)14-5-4-10-18-14/h4-10,18H,11H2,1-3H3,(H,19,20). The van der Waals surface area contributed by atoms with Gasteiger partial charge in [-0.25, -0.2) is 4.79 Å². The van der Waals surface area contributed by atoms with Gasteiger partial charge in [0.25, 0.3) is 5.91 Å². The summed E-state index contributed by atoms with van der Waals surface area (Å²) in [7, 11) is 0. The largest absolute Gasteiger partial charge is 0.451 e. The molecule has 5 nitrogen and oxygen atoms in total. The van der Waals surface area contributed by atoms with Crippen molar-refractivity contribution in [3.63, 3.8) is 0 Å². The van der Waals surface area contributed by atoms with Crippen molar-refractivity contribution < 1.29 is 14.3 Å². The third-order valence-corrected chi connectivity index (χ3v) is 3.19. The van der Waals surface area contributed by atoms with Gasteiger partial charge in [0, 0.05) is 11.9 Å². The Balaban J connectivity index is 1.86. The van der Waals surface area contributed by atoms with Crippen LogP contribution >= 0.6 is 0 Å². The maximum absolute atomic E-state index is 11.8. The van der Waals surface area contributed by atoms with Crippen molar-refractivity contribution in [1.29, 1.82) is 0 Å². The lowest BCUT2D eigenvalue weighted by Crippen LogP contribution is -2.21. The van der Waals surface area contributed by atoms with Crippen LogP contribution in [0, 0.1) is 0 Å². The second-order valence-corrected chi connectivity index (χ2v) is 6.04. The quantitative estimate of drug-likeness (QED) is 0.852. The second kappa shape index (κ2) is 6.47. The maximum atomic E-state index is 11.8. The van der Waals surface area contributed by atoms with Crippen molar-refractivity contribution in [3.8, 4) is 0 Å². The molecule has 116 valence electrons. The van der Waals surface area contributed by atoms with Crippen LogP contribution < -0.4 is 5.32 Å². The van der Waals surface area contributed by atoms with Crippen molar-refractivity contribution in [3.05, 3.63) is 53.9 Å². The van der Waals surface area contributed by atoms with Crippen LogP contribution in [0.1, 0.15) is 36.8 Å². The van der Waals surface area contributed by atoms with E-state index in [-0.39, 0.29) is 17.9 Å². The number of H-pyrrole nitrogens is 1. The van der Waals surface area contributed by atoms with Gasteiger partial charge in [0.05, 0.1) is 0 Å². The van der Waals surface area contributed by atoms with Crippen LogP contribution in [0.2, 0.25) is 0 Å². The molecule has 0 bridgehead atoms. The summed E-state index contributed by atoms with van der Waals surface area (Å²) < 4.78 is 4.92. The molecule has 0 unspecified atom stereocenters. The first-order chi connectivity index (χ1) is 10.4. The van der Waals surface area contributed by atoms with Gasteiger partial charge in [-0.1, -0.05) is 32.9 Å². The number of benzene rings is 1. The van der Waals surface area contributed by atoms with Crippen LogP contribution in [-0.2, 0) is 14.9 Å². The lowest BCUT2D eigenvalue weighted by molar-refractivity contribution is -0.119. The Morgan fingerprint density at radius 2 is 1.82 bits per heavy atom. The molecule has 1 aromatic carbocycles. The molecule has 0 aliphatic heterocycles. The topological polar surface area (TPSA) is 71.2 Å². The number of hydrogen-bond donors (Lipinski definition) is 2. The smallest absolute Gasteiger partial charge is 0.355 e. The molecule has 0 atom stereocenters. The monoisotopic (exact) mass is 300 g/mol. The number of carbonyl (C=O) groups is 2. The van der Waals surface area contributed by atoms with E-state index in [4.69, 9.17) is 4.74 Å². The van der Waals surface area contributed by atoms with Gasteiger partial charge in [-0.3, -0.25) is 4.79 Å². The molecular weight excluding hydrogens is 280 g/mol. The molecule has 5 heteroatoms. The van der Waals surface area contributed by atoms with Crippen molar-refractivity contribution in [1.82, 2.24) is 4.98 Å². The van der Waals surface area contributed by atoms with Crippen LogP contribution in [0.3, 0.4) is 0 Å². The second-order valence-electron chi connectivity index (χ2n) is 6.04. The Labute approximate surface area is 129 Å². The third kappa shape index (κ3) is 4.22. The van der Waals surface area contributed by atoms with Gasteiger partial charge in [0.2, 0.25) is 0 Å². The first-order valence-electron chi connectivity index (χ1n) is 7.07. The van der Waals surface area contributed by atoms with Crippen LogP contribution in [-0.4, -0.2) is 23.5 Å². The molecule has 1 heterocycles. The molecular formula is C17H20N2O3. The minimum Gasteiger partial charge on any atom is -0.451 e. The molecule has 0 saturated heterocycles. The van der Waals surface area contributed by atoms with Crippen LogP contribution in [0.4, 0.5) is 5.69 Å². The van der Waals surface area contributed by atoms with E-state index in [9.17, 15) is 9.59 Å². The zero-order valence-corrected chi connectivity index (χ0v) is 13.0. The average Bonchev–Trinajstić information content (AvgIpc) is 2.98. The summed E-state index contributed by atoms with van der Waals surface area (Å²) in [5, 5.41) is 2.69. The fraction of sp³-hybridized carbons (Fsp3) is 0.294. The van der Waals surface area contributed by atoms with Crippen molar-refractivity contribution in [2.45, 2.75) is 26.2 Å². The minimum atomic E-state index is -0.553. The predicted octanol–water partition coefficient (Wildman–Crippen LogP) is 3.11. The number of aromatic amines is 1. The molecule has 1 aromatic heterocycles. The number of carbonyl (C=O) groups excluding carboxylic acids is 2. The number of anilines is 1. The Morgan fingerprint density at radius 3 is 2.36 bits per heavy atom. The highest BCUT2D eigenvalue weighted by atomic mass is 16.5. The molecule has 0 aliphatic carbocycles. The Morgan fingerprint density at radius 1 is 1.14 bits per heavy atom. The number of aromatic nitrogens is 1. The van der Waals surface area contributed by atoms with E-state index in [1.807, 2.05) is 24.3 Å². The van der Waals surface area contributed by atoms with E-state index in [1.54, 1.807) is 18.3 Å². The normalized spacial score (nSPS) is 11.0. The van der Waals surface area contributed by atoms with Gasteiger partial charge >= 0.3 is 5.97 Å². The minimum absolute atomic E-state index is 0.0636. The molecule has 2 aromatic rings. The molecule has 2 N–H and O–H groups in total. The molecule has 0 fully saturated rings. The van der Waals surface area contributed by atoms with Gasteiger partial charge in [0.1, 0.15) is 5.69 Å². The lowest BCUT2D eigenvalue weighted by Gasteiger charge is -2.19. The number of nitrogens with one attached hydrogen (secondary N) is 2. The third-order valence-electron chi connectivity index (χ3n) is 3.19. The van der Waals surface area contributed by atoms with Crippen LogP contribution in [0.25, 0.3) is 0 Å². The molecule has 22 heavy (non-hydrogen) atoms. The van der Waals surface area contributed by atoms with E-state index in [2.05, 4.69) is 31.1 Å². The summed E-state index contributed by atoms with van der Waals surface area (Å²) in [6, 6.07) is 10.9. The first-order valence-corrected chi connectivity index (χ1v) is 7.07.